The predicted octanol–water partition coefficient (Wildman–Crippen LogP) is 3.83. The van der Waals surface area contributed by atoms with E-state index in [4.69, 9.17) is 0 Å². The average molecular weight is 435 g/mol. The fourth-order valence-corrected chi connectivity index (χ4v) is 5.15. The summed E-state index contributed by atoms with van der Waals surface area (Å²) in [4.78, 5) is 18.0. The van der Waals surface area contributed by atoms with Crippen LogP contribution in [0.1, 0.15) is 21.5 Å². The van der Waals surface area contributed by atoms with E-state index in [1.54, 1.807) is 36.0 Å². The maximum Gasteiger partial charge on any atom is 0.279 e. The molecule has 148 valence electrons. The van der Waals surface area contributed by atoms with Gasteiger partial charge in [0.2, 0.25) is 0 Å². The van der Waals surface area contributed by atoms with Gasteiger partial charge in [0.25, 0.3) is 5.91 Å². The summed E-state index contributed by atoms with van der Waals surface area (Å²) < 4.78 is 26.6. The van der Waals surface area contributed by atoms with E-state index in [-0.39, 0.29) is 10.8 Å². The lowest BCUT2D eigenvalue weighted by Crippen LogP contribution is -2.18. The summed E-state index contributed by atoms with van der Waals surface area (Å²) >= 11 is 3.04. The number of carbonyl (C=O) groups is 1. The zero-order valence-electron chi connectivity index (χ0n) is 16.2. The van der Waals surface area contributed by atoms with Crippen LogP contribution in [0, 0.1) is 13.8 Å². The molecule has 0 saturated heterocycles. The molecule has 0 aliphatic rings. The second-order valence-electron chi connectivity index (χ2n) is 6.67. The SMILES string of the molecule is CSCCn1c(=NC(=O)c2ccc(C)cc2C)sc2cc(S(C)(=O)=O)ccc21. The number of carbonyl (C=O) groups excluding carboxylic acids is 1. The maximum absolute atomic E-state index is 12.8. The lowest BCUT2D eigenvalue weighted by Gasteiger charge is -2.05. The molecule has 0 radical (unpaired) electrons. The number of hydrogen-bond donors (Lipinski definition) is 0. The van der Waals surface area contributed by atoms with Crippen LogP contribution < -0.4 is 4.80 Å². The average Bonchev–Trinajstić information content (AvgIpc) is 2.95. The van der Waals surface area contributed by atoms with Crippen LogP contribution in [0.5, 0.6) is 0 Å². The van der Waals surface area contributed by atoms with Crippen LogP contribution >= 0.6 is 23.1 Å². The van der Waals surface area contributed by atoms with Gasteiger partial charge < -0.3 is 4.57 Å². The number of sulfone groups is 1. The molecule has 0 bridgehead atoms. The number of benzene rings is 2. The molecule has 0 N–H and O–H groups in total. The topological polar surface area (TPSA) is 68.5 Å². The first-order valence-electron chi connectivity index (χ1n) is 8.69. The largest absolute Gasteiger partial charge is 0.316 e. The van der Waals surface area contributed by atoms with Crippen LogP contribution in [0.25, 0.3) is 10.2 Å². The molecule has 0 saturated carbocycles. The third-order valence-corrected chi connectivity index (χ3v) is 7.15. The summed E-state index contributed by atoms with van der Waals surface area (Å²) in [7, 11) is -3.29. The van der Waals surface area contributed by atoms with Gasteiger partial charge in [-0.15, -0.1) is 0 Å². The summed E-state index contributed by atoms with van der Waals surface area (Å²) in [6.45, 7) is 4.58. The standard InChI is InChI=1S/C20H22N2O3S3/c1-13-5-7-16(14(2)11-13)19(23)21-20-22(9-10-26-3)17-8-6-15(28(4,24)25)12-18(17)27-20/h5-8,11-12H,9-10H2,1-4H3. The highest BCUT2D eigenvalue weighted by Gasteiger charge is 2.14. The molecule has 0 spiro atoms. The van der Waals surface area contributed by atoms with Gasteiger partial charge in [-0.1, -0.05) is 29.0 Å². The summed E-state index contributed by atoms with van der Waals surface area (Å²) in [5, 5.41) is 0. The third-order valence-electron chi connectivity index (χ3n) is 4.41. The van der Waals surface area contributed by atoms with Crippen molar-refractivity contribution in [1.29, 1.82) is 0 Å². The highest BCUT2D eigenvalue weighted by Crippen LogP contribution is 2.22. The Kier molecular flexibility index (Phi) is 6.12. The van der Waals surface area contributed by atoms with E-state index >= 15 is 0 Å². The second kappa shape index (κ2) is 8.23. The molecule has 0 unspecified atom stereocenters. The van der Waals surface area contributed by atoms with Gasteiger partial charge in [-0.25, -0.2) is 8.42 Å². The molecule has 8 heteroatoms. The Labute approximate surface area is 173 Å². The Bertz CT molecular complexity index is 1220. The number of thioether (sulfide) groups is 1. The van der Waals surface area contributed by atoms with E-state index in [2.05, 4.69) is 4.99 Å². The van der Waals surface area contributed by atoms with Gasteiger partial charge in [-0.05, 0) is 49.9 Å². The van der Waals surface area contributed by atoms with Crippen molar-refractivity contribution in [3.63, 3.8) is 0 Å². The molecule has 5 nitrogen and oxygen atoms in total. The Morgan fingerprint density at radius 1 is 1.18 bits per heavy atom. The van der Waals surface area contributed by atoms with Crippen molar-refractivity contribution in [1.82, 2.24) is 4.57 Å². The summed E-state index contributed by atoms with van der Waals surface area (Å²) in [6.07, 6.45) is 3.22. The fraction of sp³-hybridized carbons (Fsp3) is 0.300. The normalized spacial score (nSPS) is 12.6. The van der Waals surface area contributed by atoms with Crippen LogP contribution in [-0.2, 0) is 16.4 Å². The van der Waals surface area contributed by atoms with Gasteiger partial charge >= 0.3 is 0 Å². The molecule has 0 aliphatic carbocycles. The monoisotopic (exact) mass is 434 g/mol. The quantitative estimate of drug-likeness (QED) is 0.612. The van der Waals surface area contributed by atoms with E-state index in [9.17, 15) is 13.2 Å². The number of aryl methyl sites for hydroxylation is 3. The molecule has 1 amide bonds. The van der Waals surface area contributed by atoms with Crippen LogP contribution in [0.15, 0.2) is 46.3 Å². The van der Waals surface area contributed by atoms with Crippen molar-refractivity contribution in [2.24, 2.45) is 4.99 Å². The van der Waals surface area contributed by atoms with E-state index < -0.39 is 9.84 Å². The molecule has 3 aromatic rings. The Morgan fingerprint density at radius 3 is 2.57 bits per heavy atom. The first kappa shape index (κ1) is 20.8. The number of amides is 1. The van der Waals surface area contributed by atoms with E-state index in [0.29, 0.717) is 16.9 Å². The van der Waals surface area contributed by atoms with Crippen LogP contribution in [0.4, 0.5) is 0 Å². The molecular weight excluding hydrogens is 412 g/mol. The number of rotatable bonds is 5. The van der Waals surface area contributed by atoms with Gasteiger partial charge in [-0.3, -0.25) is 4.79 Å². The fourth-order valence-electron chi connectivity index (χ4n) is 2.97. The zero-order chi connectivity index (χ0) is 20.5. The lowest BCUT2D eigenvalue weighted by molar-refractivity contribution is 0.0997. The van der Waals surface area contributed by atoms with Gasteiger partial charge in [0.1, 0.15) is 0 Å². The van der Waals surface area contributed by atoms with Gasteiger partial charge in [0, 0.05) is 24.1 Å². The van der Waals surface area contributed by atoms with E-state index in [0.717, 1.165) is 27.1 Å². The molecule has 0 aliphatic heterocycles. The van der Waals surface area contributed by atoms with Gasteiger partial charge in [-0.2, -0.15) is 16.8 Å². The summed E-state index contributed by atoms with van der Waals surface area (Å²) in [5.74, 6) is 0.579. The maximum atomic E-state index is 12.8. The molecule has 0 fully saturated rings. The van der Waals surface area contributed by atoms with Crippen molar-refractivity contribution < 1.29 is 13.2 Å². The van der Waals surface area contributed by atoms with Crippen molar-refractivity contribution in [2.45, 2.75) is 25.3 Å². The van der Waals surface area contributed by atoms with Crippen LogP contribution in [-0.4, -0.2) is 37.2 Å². The van der Waals surface area contributed by atoms with Crippen molar-refractivity contribution in [2.75, 3.05) is 18.3 Å². The first-order valence-corrected chi connectivity index (χ1v) is 12.8. The Hall–Kier alpha value is -1.90. The Morgan fingerprint density at radius 2 is 1.93 bits per heavy atom. The van der Waals surface area contributed by atoms with Crippen molar-refractivity contribution in [3.8, 4) is 0 Å². The molecule has 1 heterocycles. The van der Waals surface area contributed by atoms with Gasteiger partial charge in [0.05, 0.1) is 15.1 Å². The smallest absolute Gasteiger partial charge is 0.279 e. The minimum absolute atomic E-state index is 0.269. The first-order chi connectivity index (χ1) is 13.2. The third kappa shape index (κ3) is 4.39. The number of nitrogens with zero attached hydrogens (tertiary/aromatic N) is 2. The second-order valence-corrected chi connectivity index (χ2v) is 10.7. The number of hydrogen-bond acceptors (Lipinski definition) is 5. The number of aromatic nitrogens is 1. The highest BCUT2D eigenvalue weighted by molar-refractivity contribution is 7.98. The number of fused-ring (bicyclic) bond motifs is 1. The lowest BCUT2D eigenvalue weighted by atomic mass is 10.1. The van der Waals surface area contributed by atoms with Crippen LogP contribution in [0.2, 0.25) is 0 Å². The highest BCUT2D eigenvalue weighted by atomic mass is 32.2. The zero-order valence-corrected chi connectivity index (χ0v) is 18.7. The van der Waals surface area contributed by atoms with Crippen LogP contribution in [0.3, 0.4) is 0 Å². The molecule has 0 atom stereocenters. The molecular formula is C20H22N2O3S3. The minimum atomic E-state index is -3.29. The van der Waals surface area contributed by atoms with Crippen molar-refractivity contribution in [3.05, 3.63) is 57.9 Å². The molecule has 28 heavy (non-hydrogen) atoms. The summed E-state index contributed by atoms with van der Waals surface area (Å²) in [6, 6.07) is 10.7. The number of thiazole rings is 1. The molecule has 2 aromatic carbocycles. The van der Waals surface area contributed by atoms with Crippen molar-refractivity contribution >= 4 is 49.1 Å². The molecule has 3 rings (SSSR count). The van der Waals surface area contributed by atoms with E-state index in [1.807, 2.05) is 36.8 Å². The minimum Gasteiger partial charge on any atom is -0.316 e. The van der Waals surface area contributed by atoms with E-state index in [1.165, 1.54) is 17.6 Å². The van der Waals surface area contributed by atoms with Gasteiger partial charge in [0.15, 0.2) is 14.6 Å². The predicted molar refractivity (Wildman–Crippen MR) is 117 cm³/mol. The Balaban J connectivity index is 2.17. The summed E-state index contributed by atoms with van der Waals surface area (Å²) in [5.41, 5.74) is 3.46. The molecule has 1 aromatic heterocycles.